The van der Waals surface area contributed by atoms with Crippen molar-refractivity contribution >= 4 is 5.97 Å². The number of rotatable bonds is 3. The van der Waals surface area contributed by atoms with E-state index in [1.54, 1.807) is 6.07 Å². The first-order valence-corrected chi connectivity index (χ1v) is 3.51. The predicted molar refractivity (Wildman–Crippen MR) is 36.4 cm³/mol. The van der Waals surface area contributed by atoms with Gasteiger partial charge in [-0.05, 0) is 13.3 Å². The molecule has 0 aliphatic rings. The molecule has 0 saturated heterocycles. The van der Waals surface area contributed by atoms with Gasteiger partial charge in [-0.15, -0.1) is 0 Å². The second-order valence-corrected chi connectivity index (χ2v) is 2.45. The summed E-state index contributed by atoms with van der Waals surface area (Å²) in [5.74, 6) is -2.63. The zero-order valence-electron chi connectivity index (χ0n) is 6.89. The number of esters is 1. The Morgan fingerprint density at radius 2 is 2.15 bits per heavy atom. The van der Waals surface area contributed by atoms with Crippen LogP contribution in [-0.4, -0.2) is 18.8 Å². The van der Waals surface area contributed by atoms with E-state index in [4.69, 9.17) is 5.26 Å². The minimum absolute atomic E-state index is 0.109. The van der Waals surface area contributed by atoms with Gasteiger partial charge in [0.1, 0.15) is 0 Å². The quantitative estimate of drug-likeness (QED) is 0.643. The van der Waals surface area contributed by atoms with E-state index < -0.39 is 18.1 Å². The third kappa shape index (κ3) is 5.06. The standard InChI is InChI=1S/C7H8F3NO2/c1-5(4-11)2-3-13-6(12)7(8,9)10/h5H,2-3H2,1H3. The van der Waals surface area contributed by atoms with Crippen LogP contribution in [0.25, 0.3) is 0 Å². The van der Waals surface area contributed by atoms with Gasteiger partial charge in [0.15, 0.2) is 0 Å². The predicted octanol–water partition coefficient (Wildman–Crippen LogP) is 1.64. The highest BCUT2D eigenvalue weighted by Crippen LogP contribution is 2.16. The molecule has 0 saturated carbocycles. The summed E-state index contributed by atoms with van der Waals surface area (Å²) in [5.41, 5.74) is 0. The smallest absolute Gasteiger partial charge is 0.459 e. The second-order valence-electron chi connectivity index (χ2n) is 2.45. The van der Waals surface area contributed by atoms with E-state index in [9.17, 15) is 18.0 Å². The van der Waals surface area contributed by atoms with Gasteiger partial charge in [0.25, 0.3) is 0 Å². The summed E-state index contributed by atoms with van der Waals surface area (Å²) in [7, 11) is 0. The average Bonchev–Trinajstić information content (AvgIpc) is 2.02. The SMILES string of the molecule is CC(C#N)CCOC(=O)C(F)(F)F. The topological polar surface area (TPSA) is 50.1 Å². The van der Waals surface area contributed by atoms with Crippen molar-refractivity contribution in [3.63, 3.8) is 0 Å². The molecule has 0 amide bonds. The first-order chi connectivity index (χ1) is 5.88. The van der Waals surface area contributed by atoms with Gasteiger partial charge in [0.2, 0.25) is 0 Å². The Labute approximate surface area is 73.1 Å². The Hall–Kier alpha value is -1.25. The number of carbonyl (C=O) groups excluding carboxylic acids is 1. The van der Waals surface area contributed by atoms with Crippen molar-refractivity contribution in [2.45, 2.75) is 19.5 Å². The molecule has 0 aromatic heterocycles. The Bertz CT molecular complexity index is 219. The number of halogens is 3. The van der Waals surface area contributed by atoms with Crippen LogP contribution in [0.2, 0.25) is 0 Å². The molecule has 0 radical (unpaired) electrons. The molecule has 1 unspecified atom stereocenters. The lowest BCUT2D eigenvalue weighted by Crippen LogP contribution is -2.26. The summed E-state index contributed by atoms with van der Waals surface area (Å²) in [4.78, 5) is 10.1. The number of carbonyl (C=O) groups is 1. The van der Waals surface area contributed by atoms with Crippen molar-refractivity contribution in [2.75, 3.05) is 6.61 Å². The number of alkyl halides is 3. The van der Waals surface area contributed by atoms with E-state index in [0.717, 1.165) is 0 Å². The van der Waals surface area contributed by atoms with Crippen molar-refractivity contribution in [3.05, 3.63) is 0 Å². The van der Waals surface area contributed by atoms with E-state index >= 15 is 0 Å². The van der Waals surface area contributed by atoms with Crippen LogP contribution in [0.15, 0.2) is 0 Å². The molecular formula is C7H8F3NO2. The normalized spacial score (nSPS) is 13.2. The summed E-state index contributed by atoms with van der Waals surface area (Å²) >= 11 is 0. The molecule has 0 rings (SSSR count). The van der Waals surface area contributed by atoms with Crippen molar-refractivity contribution in [1.29, 1.82) is 5.26 Å². The molecule has 74 valence electrons. The van der Waals surface area contributed by atoms with Crippen molar-refractivity contribution in [1.82, 2.24) is 0 Å². The zero-order chi connectivity index (χ0) is 10.5. The molecule has 0 fully saturated rings. The molecule has 0 bridgehead atoms. The van der Waals surface area contributed by atoms with Crippen LogP contribution >= 0.6 is 0 Å². The summed E-state index contributed by atoms with van der Waals surface area (Å²) in [6, 6.07) is 1.80. The van der Waals surface area contributed by atoms with E-state index in [1.807, 2.05) is 0 Å². The number of hydrogen-bond donors (Lipinski definition) is 0. The van der Waals surface area contributed by atoms with Gasteiger partial charge in [0.05, 0.1) is 12.7 Å². The molecule has 0 spiro atoms. The minimum atomic E-state index is -4.95. The van der Waals surface area contributed by atoms with Crippen molar-refractivity contribution in [3.8, 4) is 6.07 Å². The van der Waals surface area contributed by atoms with Gasteiger partial charge in [-0.2, -0.15) is 18.4 Å². The molecule has 0 N–H and O–H groups in total. The number of hydrogen-bond acceptors (Lipinski definition) is 3. The fraction of sp³-hybridized carbons (Fsp3) is 0.714. The summed E-state index contributed by atoms with van der Waals surface area (Å²) in [6.07, 6.45) is -4.84. The van der Waals surface area contributed by atoms with Gasteiger partial charge < -0.3 is 4.74 Å². The summed E-state index contributed by atoms with van der Waals surface area (Å²) in [6.45, 7) is 1.15. The van der Waals surface area contributed by atoms with Crippen LogP contribution in [0, 0.1) is 17.2 Å². The van der Waals surface area contributed by atoms with Crippen LogP contribution < -0.4 is 0 Å². The molecule has 0 aromatic rings. The highest BCUT2D eigenvalue weighted by atomic mass is 19.4. The van der Waals surface area contributed by atoms with E-state index in [2.05, 4.69) is 4.74 Å². The van der Waals surface area contributed by atoms with E-state index in [-0.39, 0.29) is 13.0 Å². The van der Waals surface area contributed by atoms with Crippen molar-refractivity contribution in [2.24, 2.45) is 5.92 Å². The molecule has 0 heterocycles. The number of ether oxygens (including phenoxy) is 1. The van der Waals surface area contributed by atoms with Crippen LogP contribution in [0.4, 0.5) is 13.2 Å². The van der Waals surface area contributed by atoms with Crippen molar-refractivity contribution < 1.29 is 22.7 Å². The fourth-order valence-corrected chi connectivity index (χ4v) is 0.475. The number of nitriles is 1. The lowest BCUT2D eigenvalue weighted by molar-refractivity contribution is -0.199. The zero-order valence-corrected chi connectivity index (χ0v) is 6.89. The maximum Gasteiger partial charge on any atom is 0.490 e. The maximum absolute atomic E-state index is 11.5. The molecule has 0 aromatic carbocycles. The van der Waals surface area contributed by atoms with Gasteiger partial charge in [0, 0.05) is 5.92 Å². The highest BCUT2D eigenvalue weighted by molar-refractivity contribution is 5.75. The molecule has 6 heteroatoms. The Morgan fingerprint density at radius 3 is 2.54 bits per heavy atom. The third-order valence-electron chi connectivity index (χ3n) is 1.24. The lowest BCUT2D eigenvalue weighted by Gasteiger charge is -2.07. The Morgan fingerprint density at radius 1 is 1.62 bits per heavy atom. The molecular weight excluding hydrogens is 187 g/mol. The minimum Gasteiger partial charge on any atom is -0.459 e. The molecule has 1 atom stereocenters. The van der Waals surface area contributed by atoms with Gasteiger partial charge in [-0.1, -0.05) is 0 Å². The average molecular weight is 195 g/mol. The second kappa shape index (κ2) is 4.70. The first kappa shape index (κ1) is 11.8. The fourth-order valence-electron chi connectivity index (χ4n) is 0.475. The van der Waals surface area contributed by atoms with Crippen LogP contribution in [0.1, 0.15) is 13.3 Å². The molecule has 13 heavy (non-hydrogen) atoms. The largest absolute Gasteiger partial charge is 0.490 e. The van der Waals surface area contributed by atoms with E-state index in [0.29, 0.717) is 0 Å². The van der Waals surface area contributed by atoms with Crippen LogP contribution in [0.5, 0.6) is 0 Å². The monoisotopic (exact) mass is 195 g/mol. The maximum atomic E-state index is 11.5. The molecule has 0 aliphatic carbocycles. The summed E-state index contributed by atoms with van der Waals surface area (Å²) < 4.78 is 38.4. The van der Waals surface area contributed by atoms with E-state index in [1.165, 1.54) is 6.92 Å². The Kier molecular flexibility index (Phi) is 4.25. The van der Waals surface area contributed by atoms with Gasteiger partial charge >= 0.3 is 12.1 Å². The first-order valence-electron chi connectivity index (χ1n) is 3.51. The summed E-state index contributed by atoms with van der Waals surface area (Å²) in [5, 5.41) is 8.25. The Balaban J connectivity index is 3.68. The van der Waals surface area contributed by atoms with Crippen LogP contribution in [-0.2, 0) is 9.53 Å². The molecule has 0 aliphatic heterocycles. The van der Waals surface area contributed by atoms with Gasteiger partial charge in [-0.25, -0.2) is 4.79 Å². The lowest BCUT2D eigenvalue weighted by atomic mass is 10.1. The number of nitrogens with zero attached hydrogens (tertiary/aromatic N) is 1. The highest BCUT2D eigenvalue weighted by Gasteiger charge is 2.40. The third-order valence-corrected chi connectivity index (χ3v) is 1.24. The van der Waals surface area contributed by atoms with Gasteiger partial charge in [-0.3, -0.25) is 0 Å². The molecule has 3 nitrogen and oxygen atoms in total. The van der Waals surface area contributed by atoms with Crippen LogP contribution in [0.3, 0.4) is 0 Å².